The molecule has 1 rings (SSSR count). The lowest BCUT2D eigenvalue weighted by Crippen LogP contribution is -2.34. The van der Waals surface area contributed by atoms with Gasteiger partial charge < -0.3 is 9.64 Å². The lowest BCUT2D eigenvalue weighted by atomic mass is 10.00. The number of aldehydes is 1. The minimum absolute atomic E-state index is 0.360. The molecule has 0 aliphatic carbocycles. The first-order valence-corrected chi connectivity index (χ1v) is 4.52. The number of amides is 1. The molecular weight excluding hydrogens is 170 g/mol. The van der Waals surface area contributed by atoms with E-state index in [1.807, 2.05) is 0 Å². The number of rotatable bonds is 3. The number of ether oxygens (including phenoxy) is 1. The van der Waals surface area contributed by atoms with Crippen molar-refractivity contribution in [2.24, 2.45) is 5.92 Å². The number of carbonyl (C=O) groups excluding carboxylic acids is 2. The molecule has 0 aromatic heterocycles. The van der Waals surface area contributed by atoms with E-state index < -0.39 is 5.91 Å². The van der Waals surface area contributed by atoms with Crippen molar-refractivity contribution in [2.45, 2.75) is 12.8 Å². The summed E-state index contributed by atoms with van der Waals surface area (Å²) in [7, 11) is 1.66. The van der Waals surface area contributed by atoms with Crippen LogP contribution in [0.2, 0.25) is 0 Å². The van der Waals surface area contributed by atoms with Crippen LogP contribution in [0.3, 0.4) is 0 Å². The normalized spacial score (nSPS) is 18.2. The Labute approximate surface area is 77.8 Å². The average molecular weight is 185 g/mol. The van der Waals surface area contributed by atoms with Gasteiger partial charge in [0.15, 0.2) is 0 Å². The molecule has 13 heavy (non-hydrogen) atoms. The summed E-state index contributed by atoms with van der Waals surface area (Å²) in [6, 6.07) is 0. The molecule has 0 unspecified atom stereocenters. The van der Waals surface area contributed by atoms with Crippen molar-refractivity contribution in [3.8, 4) is 0 Å². The van der Waals surface area contributed by atoms with Gasteiger partial charge in [-0.25, -0.2) is 0 Å². The molecule has 0 saturated carbocycles. The molecule has 0 aromatic carbocycles. The van der Waals surface area contributed by atoms with E-state index in [0.717, 1.165) is 26.1 Å². The molecule has 0 aromatic rings. The van der Waals surface area contributed by atoms with Crippen molar-refractivity contribution in [3.05, 3.63) is 0 Å². The molecular formula is C9H15NO3. The van der Waals surface area contributed by atoms with Crippen molar-refractivity contribution in [1.82, 2.24) is 4.90 Å². The van der Waals surface area contributed by atoms with Crippen LogP contribution in [0.15, 0.2) is 0 Å². The molecule has 4 heteroatoms. The monoisotopic (exact) mass is 185 g/mol. The van der Waals surface area contributed by atoms with Crippen LogP contribution in [0, 0.1) is 5.92 Å². The molecule has 1 saturated heterocycles. The topological polar surface area (TPSA) is 46.6 Å². The Kier molecular flexibility index (Phi) is 3.89. The van der Waals surface area contributed by atoms with Gasteiger partial charge in [0.25, 0.3) is 5.91 Å². The molecule has 4 nitrogen and oxygen atoms in total. The van der Waals surface area contributed by atoms with E-state index >= 15 is 0 Å². The summed E-state index contributed by atoms with van der Waals surface area (Å²) in [6.45, 7) is 2.21. The van der Waals surface area contributed by atoms with Gasteiger partial charge in [0.2, 0.25) is 6.29 Å². The second-order valence-electron chi connectivity index (χ2n) is 3.39. The quantitative estimate of drug-likeness (QED) is 0.462. The maximum absolute atomic E-state index is 10.9. The second-order valence-corrected chi connectivity index (χ2v) is 3.39. The molecule has 1 fully saturated rings. The minimum Gasteiger partial charge on any atom is -0.381 e. The maximum Gasteiger partial charge on any atom is 0.286 e. The van der Waals surface area contributed by atoms with Gasteiger partial charge in [-0.3, -0.25) is 9.59 Å². The third-order valence-corrected chi connectivity index (χ3v) is 2.35. The van der Waals surface area contributed by atoms with Gasteiger partial charge in [-0.1, -0.05) is 0 Å². The molecule has 0 bridgehead atoms. The summed E-state index contributed by atoms with van der Waals surface area (Å²) in [5, 5.41) is 0. The first kappa shape index (κ1) is 10.2. The highest BCUT2D eigenvalue weighted by Gasteiger charge is 2.17. The Bertz CT molecular complexity index is 187. The van der Waals surface area contributed by atoms with Crippen molar-refractivity contribution < 1.29 is 14.3 Å². The van der Waals surface area contributed by atoms with E-state index in [1.54, 1.807) is 7.05 Å². The van der Waals surface area contributed by atoms with Gasteiger partial charge in [0, 0.05) is 26.8 Å². The van der Waals surface area contributed by atoms with E-state index in [0.29, 0.717) is 18.7 Å². The summed E-state index contributed by atoms with van der Waals surface area (Å²) in [5.41, 5.74) is 0. The van der Waals surface area contributed by atoms with Crippen LogP contribution in [-0.4, -0.2) is 43.9 Å². The fourth-order valence-electron chi connectivity index (χ4n) is 1.50. The zero-order chi connectivity index (χ0) is 9.68. The van der Waals surface area contributed by atoms with E-state index in [9.17, 15) is 9.59 Å². The van der Waals surface area contributed by atoms with Crippen molar-refractivity contribution in [1.29, 1.82) is 0 Å². The second kappa shape index (κ2) is 4.97. The zero-order valence-electron chi connectivity index (χ0n) is 7.86. The summed E-state index contributed by atoms with van der Waals surface area (Å²) < 4.78 is 5.20. The third-order valence-electron chi connectivity index (χ3n) is 2.35. The minimum atomic E-state index is -0.438. The highest BCUT2D eigenvalue weighted by molar-refractivity contribution is 6.23. The van der Waals surface area contributed by atoms with E-state index in [4.69, 9.17) is 4.74 Å². The standard InChI is InChI=1S/C9H15NO3/c1-10(9(12)7-11)6-8-2-4-13-5-3-8/h7-8H,2-6H2,1H3. The van der Waals surface area contributed by atoms with E-state index in [-0.39, 0.29) is 0 Å². The smallest absolute Gasteiger partial charge is 0.286 e. The highest BCUT2D eigenvalue weighted by atomic mass is 16.5. The Hall–Kier alpha value is -0.900. The highest BCUT2D eigenvalue weighted by Crippen LogP contribution is 2.15. The molecule has 1 aliphatic heterocycles. The summed E-state index contributed by atoms with van der Waals surface area (Å²) >= 11 is 0. The first-order valence-electron chi connectivity index (χ1n) is 4.52. The fraction of sp³-hybridized carbons (Fsp3) is 0.778. The number of nitrogens with zero attached hydrogens (tertiary/aromatic N) is 1. The lowest BCUT2D eigenvalue weighted by molar-refractivity contribution is -0.138. The molecule has 0 atom stereocenters. The largest absolute Gasteiger partial charge is 0.381 e. The van der Waals surface area contributed by atoms with Gasteiger partial charge >= 0.3 is 0 Å². The Morgan fingerprint density at radius 1 is 1.54 bits per heavy atom. The van der Waals surface area contributed by atoms with Gasteiger partial charge in [-0.15, -0.1) is 0 Å². The lowest BCUT2D eigenvalue weighted by Gasteiger charge is -2.25. The average Bonchev–Trinajstić information content (AvgIpc) is 2.18. The predicted molar refractivity (Wildman–Crippen MR) is 47.2 cm³/mol. The van der Waals surface area contributed by atoms with Crippen molar-refractivity contribution in [3.63, 3.8) is 0 Å². The van der Waals surface area contributed by atoms with E-state index in [1.165, 1.54) is 4.90 Å². The number of hydrogen-bond acceptors (Lipinski definition) is 3. The molecule has 1 amide bonds. The Morgan fingerprint density at radius 3 is 2.69 bits per heavy atom. The zero-order valence-corrected chi connectivity index (χ0v) is 7.86. The predicted octanol–water partition coefficient (Wildman–Crippen LogP) is 0.0703. The number of carbonyl (C=O) groups is 2. The van der Waals surface area contributed by atoms with Gasteiger partial charge in [0.1, 0.15) is 0 Å². The van der Waals surface area contributed by atoms with Gasteiger partial charge in [-0.2, -0.15) is 0 Å². The fourth-order valence-corrected chi connectivity index (χ4v) is 1.50. The summed E-state index contributed by atoms with van der Waals surface area (Å²) in [4.78, 5) is 22.6. The molecule has 0 radical (unpaired) electrons. The van der Waals surface area contributed by atoms with E-state index in [2.05, 4.69) is 0 Å². The molecule has 1 aliphatic rings. The number of likely N-dealkylation sites (N-methyl/N-ethyl adjacent to an activating group) is 1. The van der Waals surface area contributed by atoms with Crippen LogP contribution in [0.25, 0.3) is 0 Å². The first-order chi connectivity index (χ1) is 6.24. The summed E-state index contributed by atoms with van der Waals surface area (Å²) in [5.74, 6) is 0.0501. The van der Waals surface area contributed by atoms with Gasteiger partial charge in [-0.05, 0) is 18.8 Å². The van der Waals surface area contributed by atoms with Crippen LogP contribution in [0.4, 0.5) is 0 Å². The van der Waals surface area contributed by atoms with Crippen molar-refractivity contribution in [2.75, 3.05) is 26.8 Å². The SMILES string of the molecule is CN(CC1CCOCC1)C(=O)C=O. The van der Waals surface area contributed by atoms with Crippen LogP contribution in [0.5, 0.6) is 0 Å². The maximum atomic E-state index is 10.9. The van der Waals surface area contributed by atoms with Crippen LogP contribution in [0.1, 0.15) is 12.8 Å². The van der Waals surface area contributed by atoms with Crippen LogP contribution in [-0.2, 0) is 14.3 Å². The van der Waals surface area contributed by atoms with Crippen molar-refractivity contribution >= 4 is 12.2 Å². The summed E-state index contributed by atoms with van der Waals surface area (Å²) in [6.07, 6.45) is 2.33. The van der Waals surface area contributed by atoms with Gasteiger partial charge in [0.05, 0.1) is 0 Å². The van der Waals surface area contributed by atoms with Crippen LogP contribution >= 0.6 is 0 Å². The van der Waals surface area contributed by atoms with Crippen LogP contribution < -0.4 is 0 Å². The third kappa shape index (κ3) is 3.14. The Morgan fingerprint density at radius 2 is 2.15 bits per heavy atom. The molecule has 0 spiro atoms. The molecule has 1 heterocycles. The number of hydrogen-bond donors (Lipinski definition) is 0. The molecule has 74 valence electrons. The molecule has 0 N–H and O–H groups in total. The Balaban J connectivity index is 2.29.